The lowest BCUT2D eigenvalue weighted by atomic mass is 10.2. The first-order valence-corrected chi connectivity index (χ1v) is 10.1. The lowest BCUT2D eigenvalue weighted by Gasteiger charge is -2.14. The van der Waals surface area contributed by atoms with Crippen LogP contribution in [0.25, 0.3) is 0 Å². The fourth-order valence-electron chi connectivity index (χ4n) is 2.12. The number of nitrogens with one attached hydrogen (secondary N) is 2. The van der Waals surface area contributed by atoms with Crippen LogP contribution < -0.4 is 14.8 Å². The second kappa shape index (κ2) is 8.18. The highest BCUT2D eigenvalue weighted by molar-refractivity contribution is 7.89. The molecule has 0 saturated heterocycles. The maximum atomic E-state index is 12.4. The molecule has 0 spiro atoms. The Balaban J connectivity index is 2.24. The summed E-state index contributed by atoms with van der Waals surface area (Å²) in [6.45, 7) is 3.74. The summed E-state index contributed by atoms with van der Waals surface area (Å²) in [5.74, 6) is -0.206. The van der Waals surface area contributed by atoms with Gasteiger partial charge in [-0.25, -0.2) is 13.1 Å². The molecule has 0 saturated carbocycles. The lowest BCUT2D eigenvalue weighted by Crippen LogP contribution is -2.31. The van der Waals surface area contributed by atoms with Crippen LogP contribution in [0.4, 0.5) is 0 Å². The predicted molar refractivity (Wildman–Crippen MR) is 99.0 cm³/mol. The van der Waals surface area contributed by atoms with Crippen molar-refractivity contribution in [2.45, 2.75) is 31.3 Å². The monoisotopic (exact) mass is 402 g/mol. The Hall–Kier alpha value is -1.61. The summed E-state index contributed by atoms with van der Waals surface area (Å²) in [6, 6.07) is 7.58. The number of thiophene rings is 1. The number of hydrogen-bond acceptors (Lipinski definition) is 5. The van der Waals surface area contributed by atoms with Gasteiger partial charge in [0.15, 0.2) is 0 Å². The van der Waals surface area contributed by atoms with Crippen molar-refractivity contribution >= 4 is 38.9 Å². The number of carbonyl (C=O) groups is 1. The molecule has 2 rings (SSSR count). The number of carbonyl (C=O) groups excluding carboxylic acids is 1. The molecule has 1 aromatic heterocycles. The quantitative estimate of drug-likeness (QED) is 0.745. The zero-order chi connectivity index (χ0) is 18.6. The summed E-state index contributed by atoms with van der Waals surface area (Å²) in [5.41, 5.74) is 0.229. The molecule has 9 heteroatoms. The number of halogens is 1. The maximum absolute atomic E-state index is 12.4. The highest BCUT2D eigenvalue weighted by Crippen LogP contribution is 2.25. The van der Waals surface area contributed by atoms with Crippen LogP contribution in [0.1, 0.15) is 29.1 Å². The number of amides is 1. The number of benzene rings is 1. The first-order chi connectivity index (χ1) is 11.7. The van der Waals surface area contributed by atoms with E-state index in [1.54, 1.807) is 19.9 Å². The maximum Gasteiger partial charge on any atom is 0.251 e. The zero-order valence-corrected chi connectivity index (χ0v) is 16.4. The van der Waals surface area contributed by atoms with Gasteiger partial charge in [0.2, 0.25) is 10.0 Å². The lowest BCUT2D eigenvalue weighted by molar-refractivity contribution is 0.0951. The Labute approximate surface area is 156 Å². The Kier molecular flexibility index (Phi) is 6.45. The summed E-state index contributed by atoms with van der Waals surface area (Å²) in [4.78, 5) is 13.2. The highest BCUT2D eigenvalue weighted by Gasteiger charge is 2.22. The molecule has 0 radical (unpaired) electrons. The first kappa shape index (κ1) is 19.7. The van der Waals surface area contributed by atoms with Crippen LogP contribution in [0.5, 0.6) is 5.75 Å². The fourth-order valence-corrected chi connectivity index (χ4v) is 4.59. The van der Waals surface area contributed by atoms with Crippen LogP contribution in [-0.2, 0) is 16.6 Å². The van der Waals surface area contributed by atoms with Gasteiger partial charge in [-0.05, 0) is 44.2 Å². The normalized spacial score (nSPS) is 11.6. The minimum atomic E-state index is -3.79. The van der Waals surface area contributed by atoms with E-state index in [0.29, 0.717) is 10.9 Å². The zero-order valence-electron chi connectivity index (χ0n) is 14.0. The van der Waals surface area contributed by atoms with E-state index in [1.165, 1.54) is 36.6 Å². The van der Waals surface area contributed by atoms with Gasteiger partial charge in [-0.15, -0.1) is 11.3 Å². The van der Waals surface area contributed by atoms with Gasteiger partial charge in [0.1, 0.15) is 10.6 Å². The Morgan fingerprint density at radius 3 is 2.56 bits per heavy atom. The number of rotatable bonds is 7. The van der Waals surface area contributed by atoms with Crippen molar-refractivity contribution in [1.82, 2.24) is 10.0 Å². The molecule has 2 aromatic rings. The molecule has 2 N–H and O–H groups in total. The summed E-state index contributed by atoms with van der Waals surface area (Å²) in [7, 11) is -2.41. The number of hydrogen-bond donors (Lipinski definition) is 2. The van der Waals surface area contributed by atoms with E-state index < -0.39 is 10.0 Å². The van der Waals surface area contributed by atoms with Gasteiger partial charge in [0, 0.05) is 16.5 Å². The molecule has 136 valence electrons. The van der Waals surface area contributed by atoms with Crippen molar-refractivity contribution in [2.24, 2.45) is 0 Å². The van der Waals surface area contributed by atoms with Crippen LogP contribution in [0.2, 0.25) is 4.34 Å². The van der Waals surface area contributed by atoms with Crippen molar-refractivity contribution < 1.29 is 17.9 Å². The van der Waals surface area contributed by atoms with Gasteiger partial charge < -0.3 is 10.1 Å². The minimum absolute atomic E-state index is 0.0736. The topological polar surface area (TPSA) is 84.5 Å². The van der Waals surface area contributed by atoms with Gasteiger partial charge in [-0.2, -0.15) is 0 Å². The average Bonchev–Trinajstić information content (AvgIpc) is 2.96. The number of sulfonamides is 1. The van der Waals surface area contributed by atoms with E-state index >= 15 is 0 Å². The molecule has 6 nitrogen and oxygen atoms in total. The molecule has 0 bridgehead atoms. The van der Waals surface area contributed by atoms with E-state index in [2.05, 4.69) is 10.0 Å². The molecular formula is C16H19ClN2O4S2. The van der Waals surface area contributed by atoms with Gasteiger partial charge in [-0.1, -0.05) is 11.6 Å². The largest absolute Gasteiger partial charge is 0.495 e. The smallest absolute Gasteiger partial charge is 0.251 e. The summed E-state index contributed by atoms with van der Waals surface area (Å²) < 4.78 is 33.1. The third kappa shape index (κ3) is 5.18. The van der Waals surface area contributed by atoms with Gasteiger partial charge in [0.05, 0.1) is 18.0 Å². The summed E-state index contributed by atoms with van der Waals surface area (Å²) in [5, 5.41) is 2.74. The fraction of sp³-hybridized carbons (Fsp3) is 0.312. The second-order valence-corrected chi connectivity index (χ2v) is 9.01. The van der Waals surface area contributed by atoms with Crippen molar-refractivity contribution in [3.8, 4) is 5.75 Å². The first-order valence-electron chi connectivity index (χ1n) is 7.45. The molecule has 0 aliphatic carbocycles. The summed E-state index contributed by atoms with van der Waals surface area (Å²) >= 11 is 7.23. The Morgan fingerprint density at radius 1 is 1.28 bits per heavy atom. The minimum Gasteiger partial charge on any atom is -0.495 e. The standard InChI is InChI=1S/C16H19ClN2O4S2/c1-10(2)19-25(21,22)14-8-11(4-6-13(14)23-3)16(20)18-9-12-5-7-15(17)24-12/h4-8,10,19H,9H2,1-3H3,(H,18,20). The molecule has 1 heterocycles. The van der Waals surface area contributed by atoms with E-state index in [9.17, 15) is 13.2 Å². The molecule has 0 aliphatic rings. The van der Waals surface area contributed by atoms with Gasteiger partial charge >= 0.3 is 0 Å². The highest BCUT2D eigenvalue weighted by atomic mass is 35.5. The number of methoxy groups -OCH3 is 1. The van der Waals surface area contributed by atoms with Gasteiger partial charge in [-0.3, -0.25) is 4.79 Å². The van der Waals surface area contributed by atoms with Crippen molar-refractivity contribution in [3.63, 3.8) is 0 Å². The van der Waals surface area contributed by atoms with Crippen LogP contribution in [0, 0.1) is 0 Å². The van der Waals surface area contributed by atoms with E-state index in [4.69, 9.17) is 16.3 Å². The molecule has 25 heavy (non-hydrogen) atoms. The van der Waals surface area contributed by atoms with Crippen LogP contribution in [0.3, 0.4) is 0 Å². The number of ether oxygens (including phenoxy) is 1. The predicted octanol–water partition coefficient (Wildman–Crippen LogP) is 3.03. The van der Waals surface area contributed by atoms with E-state index in [-0.39, 0.29) is 28.2 Å². The second-order valence-electron chi connectivity index (χ2n) is 5.53. The van der Waals surface area contributed by atoms with Crippen molar-refractivity contribution in [2.75, 3.05) is 7.11 Å². The molecule has 1 amide bonds. The third-order valence-electron chi connectivity index (χ3n) is 3.16. The summed E-state index contributed by atoms with van der Waals surface area (Å²) in [6.07, 6.45) is 0. The van der Waals surface area contributed by atoms with Crippen molar-refractivity contribution in [1.29, 1.82) is 0 Å². The van der Waals surface area contributed by atoms with E-state index in [0.717, 1.165) is 4.88 Å². The molecule has 0 atom stereocenters. The SMILES string of the molecule is COc1ccc(C(=O)NCc2ccc(Cl)s2)cc1S(=O)(=O)NC(C)C. The molecular weight excluding hydrogens is 384 g/mol. The average molecular weight is 403 g/mol. The Bertz CT molecular complexity index is 863. The van der Waals surface area contributed by atoms with Crippen molar-refractivity contribution in [3.05, 3.63) is 45.1 Å². The molecule has 0 aliphatic heterocycles. The van der Waals surface area contributed by atoms with Crippen LogP contribution in [-0.4, -0.2) is 27.5 Å². The third-order valence-corrected chi connectivity index (χ3v) is 6.07. The Morgan fingerprint density at radius 2 is 2.00 bits per heavy atom. The molecule has 0 fully saturated rings. The van der Waals surface area contributed by atoms with E-state index in [1.807, 2.05) is 6.07 Å². The molecule has 1 aromatic carbocycles. The van der Waals surface area contributed by atoms with Gasteiger partial charge in [0.25, 0.3) is 5.91 Å². The molecule has 0 unspecified atom stereocenters. The van der Waals surface area contributed by atoms with Crippen LogP contribution in [0.15, 0.2) is 35.2 Å². The van der Waals surface area contributed by atoms with Crippen LogP contribution >= 0.6 is 22.9 Å².